The minimum atomic E-state index is -0.547. The Hall–Kier alpha value is -2.50. The van der Waals surface area contributed by atoms with E-state index in [1.807, 2.05) is 6.92 Å². The Morgan fingerprint density at radius 3 is 2.68 bits per heavy atom. The number of rotatable bonds is 2. The van der Waals surface area contributed by atoms with Gasteiger partial charge in [0, 0.05) is 32.1 Å². The predicted octanol–water partition coefficient (Wildman–Crippen LogP) is 1.20. The topological polar surface area (TPSA) is 65.3 Å². The number of nitrogens with one attached hydrogen (secondary N) is 1. The Bertz CT molecular complexity index is 670. The lowest BCUT2D eigenvalue weighted by atomic mass is 10.3. The Morgan fingerprint density at radius 1 is 1.37 bits per heavy atom. The molecule has 0 fully saturated rings. The van der Waals surface area contributed by atoms with Gasteiger partial charge in [0.25, 0.3) is 0 Å². The van der Waals surface area contributed by atoms with Crippen LogP contribution in [0.25, 0.3) is 5.69 Å². The van der Waals surface area contributed by atoms with E-state index < -0.39 is 6.09 Å². The van der Waals surface area contributed by atoms with Gasteiger partial charge in [0.2, 0.25) is 0 Å². The summed E-state index contributed by atoms with van der Waals surface area (Å²) < 4.78 is 8.08. The predicted molar refractivity (Wildman–Crippen MR) is 70.8 cm³/mol. The molecule has 0 saturated heterocycles. The molecular formula is C13H15N3O3. The Labute approximate surface area is 110 Å². The van der Waals surface area contributed by atoms with Gasteiger partial charge in [0.05, 0.1) is 5.69 Å². The highest BCUT2D eigenvalue weighted by molar-refractivity contribution is 5.70. The van der Waals surface area contributed by atoms with Crippen LogP contribution < -0.4 is 15.7 Å². The minimum absolute atomic E-state index is 0.144. The number of carbonyl (C=O) groups is 1. The van der Waals surface area contributed by atoms with E-state index in [0.29, 0.717) is 11.4 Å². The number of carbonyl (C=O) groups excluding carboxylic acids is 1. The smallest absolute Gasteiger partial charge is 0.410 e. The lowest BCUT2D eigenvalue weighted by Crippen LogP contribution is -2.23. The summed E-state index contributed by atoms with van der Waals surface area (Å²) in [6, 6.07) is 6.79. The van der Waals surface area contributed by atoms with Gasteiger partial charge in [0.15, 0.2) is 0 Å². The molecule has 1 heterocycles. The molecule has 6 heteroatoms. The molecule has 1 amide bonds. The normalized spacial score (nSPS) is 10.3. The maximum atomic E-state index is 12.0. The Balaban J connectivity index is 2.40. The molecule has 100 valence electrons. The van der Waals surface area contributed by atoms with Crippen LogP contribution in [0.2, 0.25) is 0 Å². The Morgan fingerprint density at radius 2 is 2.11 bits per heavy atom. The van der Waals surface area contributed by atoms with Crippen LogP contribution >= 0.6 is 0 Å². The molecule has 0 aliphatic rings. The molecule has 0 atom stereocenters. The van der Waals surface area contributed by atoms with Gasteiger partial charge in [-0.25, -0.2) is 9.59 Å². The summed E-state index contributed by atoms with van der Waals surface area (Å²) in [6.45, 7) is 1.85. The summed E-state index contributed by atoms with van der Waals surface area (Å²) in [6.07, 6.45) is 1.19. The number of ether oxygens (including phenoxy) is 1. The van der Waals surface area contributed by atoms with Gasteiger partial charge in [-0.15, -0.1) is 0 Å². The number of hydrogen-bond acceptors (Lipinski definition) is 3. The number of amides is 1. The first-order valence-corrected chi connectivity index (χ1v) is 5.78. The van der Waals surface area contributed by atoms with Gasteiger partial charge in [0.1, 0.15) is 5.75 Å². The lowest BCUT2D eigenvalue weighted by molar-refractivity contribution is 0.203. The van der Waals surface area contributed by atoms with E-state index in [2.05, 4.69) is 5.32 Å². The molecule has 0 saturated carbocycles. The van der Waals surface area contributed by atoms with Crippen molar-refractivity contribution in [1.82, 2.24) is 14.5 Å². The largest absolute Gasteiger partial charge is 0.412 e. The number of aryl methyl sites for hydroxylation is 1. The highest BCUT2D eigenvalue weighted by Crippen LogP contribution is 2.16. The van der Waals surface area contributed by atoms with E-state index in [-0.39, 0.29) is 5.69 Å². The van der Waals surface area contributed by atoms with Crippen molar-refractivity contribution in [3.8, 4) is 11.4 Å². The molecule has 0 spiro atoms. The molecule has 2 aromatic rings. The van der Waals surface area contributed by atoms with Crippen molar-refractivity contribution in [1.29, 1.82) is 0 Å². The van der Waals surface area contributed by atoms with Crippen LogP contribution in [0.15, 0.2) is 35.3 Å². The van der Waals surface area contributed by atoms with Crippen molar-refractivity contribution in [2.75, 3.05) is 7.05 Å². The Kier molecular flexibility index (Phi) is 3.41. The first-order chi connectivity index (χ1) is 9.02. The van der Waals surface area contributed by atoms with Crippen LogP contribution in [0, 0.1) is 6.92 Å². The fourth-order valence-electron chi connectivity index (χ4n) is 1.68. The second-order valence-electron chi connectivity index (χ2n) is 4.12. The fraction of sp³-hybridized carbons (Fsp3) is 0.231. The van der Waals surface area contributed by atoms with Gasteiger partial charge in [-0.3, -0.25) is 9.13 Å². The SMILES string of the molecule is CNC(=O)Oc1cccc(-n2cc(C)n(C)c2=O)c1. The zero-order valence-electron chi connectivity index (χ0n) is 11.0. The van der Waals surface area contributed by atoms with E-state index in [4.69, 9.17) is 4.74 Å². The number of benzene rings is 1. The first kappa shape index (κ1) is 12.9. The van der Waals surface area contributed by atoms with Crippen LogP contribution in [0.5, 0.6) is 5.75 Å². The summed E-state index contributed by atoms with van der Waals surface area (Å²) in [5, 5.41) is 2.36. The molecule has 6 nitrogen and oxygen atoms in total. The van der Waals surface area contributed by atoms with Gasteiger partial charge in [-0.05, 0) is 19.1 Å². The molecule has 0 aliphatic carbocycles. The lowest BCUT2D eigenvalue weighted by Gasteiger charge is -2.06. The number of hydrogen-bond donors (Lipinski definition) is 1. The van der Waals surface area contributed by atoms with Crippen LogP contribution in [0.1, 0.15) is 5.69 Å². The molecule has 1 aromatic carbocycles. The molecule has 0 aliphatic heterocycles. The van der Waals surface area contributed by atoms with Crippen LogP contribution in [0.3, 0.4) is 0 Å². The van der Waals surface area contributed by atoms with Crippen molar-refractivity contribution < 1.29 is 9.53 Å². The summed E-state index contributed by atoms with van der Waals surface area (Å²) in [7, 11) is 3.19. The van der Waals surface area contributed by atoms with Gasteiger partial charge < -0.3 is 10.1 Å². The zero-order chi connectivity index (χ0) is 14.0. The van der Waals surface area contributed by atoms with Crippen molar-refractivity contribution in [2.45, 2.75) is 6.92 Å². The fourth-order valence-corrected chi connectivity index (χ4v) is 1.68. The van der Waals surface area contributed by atoms with E-state index in [1.165, 1.54) is 11.6 Å². The van der Waals surface area contributed by atoms with Crippen molar-refractivity contribution in [3.05, 3.63) is 46.6 Å². The second-order valence-corrected chi connectivity index (χ2v) is 4.12. The maximum Gasteiger partial charge on any atom is 0.412 e. The number of aromatic nitrogens is 2. The van der Waals surface area contributed by atoms with Crippen molar-refractivity contribution >= 4 is 6.09 Å². The summed E-state index contributed by atoms with van der Waals surface area (Å²) >= 11 is 0. The van der Waals surface area contributed by atoms with Crippen LogP contribution in [0.4, 0.5) is 4.79 Å². The minimum Gasteiger partial charge on any atom is -0.410 e. The molecule has 19 heavy (non-hydrogen) atoms. The van der Waals surface area contributed by atoms with Crippen LogP contribution in [-0.4, -0.2) is 22.3 Å². The average molecular weight is 261 g/mol. The van der Waals surface area contributed by atoms with E-state index in [0.717, 1.165) is 5.69 Å². The third-order valence-electron chi connectivity index (χ3n) is 2.85. The zero-order valence-corrected chi connectivity index (χ0v) is 11.0. The first-order valence-electron chi connectivity index (χ1n) is 5.78. The monoisotopic (exact) mass is 261 g/mol. The highest BCUT2D eigenvalue weighted by atomic mass is 16.5. The summed E-state index contributed by atoms with van der Waals surface area (Å²) in [5.41, 5.74) is 1.35. The van der Waals surface area contributed by atoms with Gasteiger partial charge in [-0.1, -0.05) is 6.07 Å². The molecule has 0 unspecified atom stereocenters. The quantitative estimate of drug-likeness (QED) is 0.883. The second kappa shape index (κ2) is 5.01. The van der Waals surface area contributed by atoms with Crippen LogP contribution in [-0.2, 0) is 7.05 Å². The van der Waals surface area contributed by atoms with Crippen molar-refractivity contribution in [3.63, 3.8) is 0 Å². The molecule has 0 bridgehead atoms. The number of imidazole rings is 1. The van der Waals surface area contributed by atoms with Gasteiger partial charge >= 0.3 is 11.8 Å². The number of nitrogens with zero attached hydrogens (tertiary/aromatic N) is 2. The van der Waals surface area contributed by atoms with Crippen molar-refractivity contribution in [2.24, 2.45) is 7.05 Å². The molecule has 1 aromatic heterocycles. The third-order valence-corrected chi connectivity index (χ3v) is 2.85. The van der Waals surface area contributed by atoms with E-state index in [1.54, 1.807) is 42.1 Å². The van der Waals surface area contributed by atoms with E-state index >= 15 is 0 Å². The van der Waals surface area contributed by atoms with E-state index in [9.17, 15) is 9.59 Å². The highest BCUT2D eigenvalue weighted by Gasteiger charge is 2.08. The standard InChI is InChI=1S/C13H15N3O3/c1-9-8-16(13(18)15(9)3)10-5-4-6-11(7-10)19-12(17)14-2/h4-8H,1-3H3,(H,14,17). The molecule has 0 radical (unpaired) electrons. The average Bonchev–Trinajstić information content (AvgIpc) is 2.67. The van der Waals surface area contributed by atoms with Gasteiger partial charge in [-0.2, -0.15) is 0 Å². The molecular weight excluding hydrogens is 246 g/mol. The molecule has 1 N–H and O–H groups in total. The molecule has 2 rings (SSSR count). The maximum absolute atomic E-state index is 12.0. The summed E-state index contributed by atoms with van der Waals surface area (Å²) in [5.74, 6) is 0.380. The summed E-state index contributed by atoms with van der Waals surface area (Å²) in [4.78, 5) is 23.1. The third kappa shape index (κ3) is 2.52.